The fourth-order valence-corrected chi connectivity index (χ4v) is 2.48. The van der Waals surface area contributed by atoms with Gasteiger partial charge < -0.3 is 4.74 Å². The summed E-state index contributed by atoms with van der Waals surface area (Å²) in [4.78, 5) is 13.2. The fourth-order valence-electron chi connectivity index (χ4n) is 1.41. The van der Waals surface area contributed by atoms with Gasteiger partial charge in [-0.25, -0.2) is 9.97 Å². The molecule has 0 saturated heterocycles. The predicted molar refractivity (Wildman–Crippen MR) is 69.4 cm³/mol. The number of fused-ring (bicyclic) bond motifs is 1. The molecular weight excluding hydrogens is 302 g/mol. The van der Waals surface area contributed by atoms with Crippen molar-refractivity contribution in [2.75, 3.05) is 0 Å². The average molecular weight is 308 g/mol. The summed E-state index contributed by atoms with van der Waals surface area (Å²) < 4.78 is 6.56. The molecule has 0 aliphatic rings. The van der Waals surface area contributed by atoms with Crippen molar-refractivity contribution >= 4 is 37.5 Å². The lowest BCUT2D eigenvalue weighted by Crippen LogP contribution is -1.90. The van der Waals surface area contributed by atoms with Crippen LogP contribution in [0.3, 0.4) is 0 Å². The predicted octanol–water partition coefficient (Wildman–Crippen LogP) is 3.64. The molecule has 0 amide bonds. The fraction of sp³-hybridized carbons (Fsp3) is 0. The number of ether oxygens (including phenoxy) is 1. The second kappa shape index (κ2) is 4.38. The molecule has 3 aromatic rings. The first kappa shape index (κ1) is 10.6. The van der Waals surface area contributed by atoms with Crippen LogP contribution in [0, 0.1) is 0 Å². The summed E-state index contributed by atoms with van der Waals surface area (Å²) in [5.74, 6) is 1.20. The average Bonchev–Trinajstić information content (AvgIpc) is 2.78. The summed E-state index contributed by atoms with van der Waals surface area (Å²) in [6, 6.07) is 3.79. The first-order chi connectivity index (χ1) is 8.33. The summed E-state index contributed by atoms with van der Waals surface area (Å²) in [7, 11) is 0. The summed E-state index contributed by atoms with van der Waals surface area (Å²) >= 11 is 4.90. The summed E-state index contributed by atoms with van der Waals surface area (Å²) in [6.07, 6.45) is 4.84. The minimum atomic E-state index is 0.552. The molecule has 0 spiro atoms. The van der Waals surface area contributed by atoms with Crippen LogP contribution in [-0.4, -0.2) is 15.0 Å². The number of nitrogens with zero attached hydrogens (tertiary/aromatic N) is 3. The molecule has 84 valence electrons. The van der Waals surface area contributed by atoms with Crippen molar-refractivity contribution in [1.29, 1.82) is 0 Å². The van der Waals surface area contributed by atoms with Gasteiger partial charge in [-0.15, -0.1) is 11.3 Å². The Labute approximate surface area is 109 Å². The molecule has 3 heterocycles. The van der Waals surface area contributed by atoms with Crippen LogP contribution in [0.15, 0.2) is 40.7 Å². The Morgan fingerprint density at radius 1 is 1.24 bits per heavy atom. The first-order valence-electron chi connectivity index (χ1n) is 4.79. The van der Waals surface area contributed by atoms with Crippen LogP contribution in [0.25, 0.3) is 10.2 Å². The van der Waals surface area contributed by atoms with Gasteiger partial charge in [0.05, 0.1) is 11.6 Å². The van der Waals surface area contributed by atoms with E-state index < -0.39 is 0 Å². The van der Waals surface area contributed by atoms with Gasteiger partial charge in [-0.2, -0.15) is 0 Å². The molecule has 6 heteroatoms. The van der Waals surface area contributed by atoms with E-state index in [-0.39, 0.29) is 0 Å². The van der Waals surface area contributed by atoms with Gasteiger partial charge in [0.2, 0.25) is 5.88 Å². The number of aromatic nitrogens is 3. The molecule has 0 bridgehead atoms. The van der Waals surface area contributed by atoms with Gasteiger partial charge in [0.15, 0.2) is 0 Å². The third kappa shape index (κ3) is 2.13. The van der Waals surface area contributed by atoms with Gasteiger partial charge in [0, 0.05) is 10.7 Å². The van der Waals surface area contributed by atoms with Crippen molar-refractivity contribution in [3.8, 4) is 11.6 Å². The van der Waals surface area contributed by atoms with Gasteiger partial charge in [0.25, 0.3) is 0 Å². The summed E-state index contributed by atoms with van der Waals surface area (Å²) in [6.45, 7) is 0. The van der Waals surface area contributed by atoms with Crippen LogP contribution in [0.1, 0.15) is 0 Å². The Morgan fingerprint density at radius 2 is 2.18 bits per heavy atom. The molecule has 4 nitrogen and oxygen atoms in total. The second-order valence-electron chi connectivity index (χ2n) is 3.26. The highest BCUT2D eigenvalue weighted by atomic mass is 79.9. The van der Waals surface area contributed by atoms with Gasteiger partial charge in [-0.1, -0.05) is 0 Å². The van der Waals surface area contributed by atoms with E-state index in [9.17, 15) is 0 Å². The quantitative estimate of drug-likeness (QED) is 0.725. The van der Waals surface area contributed by atoms with Crippen LogP contribution in [-0.2, 0) is 0 Å². The molecule has 17 heavy (non-hydrogen) atoms. The second-order valence-corrected chi connectivity index (χ2v) is 5.07. The van der Waals surface area contributed by atoms with Crippen molar-refractivity contribution in [3.05, 3.63) is 40.7 Å². The molecule has 0 aliphatic heterocycles. The van der Waals surface area contributed by atoms with Crippen molar-refractivity contribution in [2.24, 2.45) is 0 Å². The van der Waals surface area contributed by atoms with E-state index in [1.165, 1.54) is 6.33 Å². The van der Waals surface area contributed by atoms with Crippen LogP contribution >= 0.6 is 27.3 Å². The highest BCUT2D eigenvalue weighted by Gasteiger charge is 2.07. The number of rotatable bonds is 2. The molecule has 0 unspecified atom stereocenters. The SMILES string of the molecule is Brc1cncc(Oc2ncnc3sccc23)c1. The molecule has 0 aliphatic carbocycles. The van der Waals surface area contributed by atoms with Gasteiger partial charge >= 0.3 is 0 Å². The Hall–Kier alpha value is -1.53. The molecule has 0 saturated carbocycles. The standard InChI is InChI=1S/C11H6BrN3OS/c12-7-3-8(5-13-4-7)16-10-9-1-2-17-11(9)15-6-14-10/h1-6H. The number of halogens is 1. The molecule has 3 aromatic heterocycles. The first-order valence-corrected chi connectivity index (χ1v) is 6.47. The molecule has 0 atom stereocenters. The largest absolute Gasteiger partial charge is 0.437 e. The molecule has 0 aromatic carbocycles. The topological polar surface area (TPSA) is 47.9 Å². The molecule has 0 N–H and O–H groups in total. The maximum Gasteiger partial charge on any atom is 0.231 e. The van der Waals surface area contributed by atoms with Gasteiger partial charge in [0.1, 0.15) is 16.9 Å². The lowest BCUT2D eigenvalue weighted by molar-refractivity contribution is 0.466. The van der Waals surface area contributed by atoms with E-state index in [0.29, 0.717) is 11.6 Å². The highest BCUT2D eigenvalue weighted by molar-refractivity contribution is 9.10. The smallest absolute Gasteiger partial charge is 0.231 e. The lowest BCUT2D eigenvalue weighted by atomic mass is 10.4. The summed E-state index contributed by atoms with van der Waals surface area (Å²) in [5, 5.41) is 2.88. The third-order valence-electron chi connectivity index (χ3n) is 2.12. The van der Waals surface area contributed by atoms with Crippen molar-refractivity contribution < 1.29 is 4.74 Å². The van der Waals surface area contributed by atoms with Crippen LogP contribution in [0.5, 0.6) is 11.6 Å². The van der Waals surface area contributed by atoms with Crippen LogP contribution in [0.4, 0.5) is 0 Å². The minimum absolute atomic E-state index is 0.552. The zero-order valence-electron chi connectivity index (χ0n) is 8.50. The normalized spacial score (nSPS) is 10.6. The van der Waals surface area contributed by atoms with E-state index in [1.54, 1.807) is 23.7 Å². The Balaban J connectivity index is 2.02. The number of hydrogen-bond acceptors (Lipinski definition) is 5. The summed E-state index contributed by atoms with van der Waals surface area (Å²) in [5.41, 5.74) is 0. The number of thiophene rings is 1. The van der Waals surface area contributed by atoms with Gasteiger partial charge in [-0.05, 0) is 33.4 Å². The van der Waals surface area contributed by atoms with E-state index in [1.807, 2.05) is 17.5 Å². The molecule has 0 radical (unpaired) electrons. The van der Waals surface area contributed by atoms with Crippen LogP contribution < -0.4 is 4.74 Å². The van der Waals surface area contributed by atoms with Crippen molar-refractivity contribution in [3.63, 3.8) is 0 Å². The van der Waals surface area contributed by atoms with E-state index in [0.717, 1.165) is 14.7 Å². The zero-order chi connectivity index (χ0) is 11.7. The minimum Gasteiger partial charge on any atom is -0.437 e. The Morgan fingerprint density at radius 3 is 3.06 bits per heavy atom. The Bertz CT molecular complexity index is 670. The van der Waals surface area contributed by atoms with Crippen molar-refractivity contribution in [1.82, 2.24) is 15.0 Å². The van der Waals surface area contributed by atoms with E-state index in [2.05, 4.69) is 30.9 Å². The van der Waals surface area contributed by atoms with E-state index in [4.69, 9.17) is 4.74 Å². The zero-order valence-corrected chi connectivity index (χ0v) is 10.9. The van der Waals surface area contributed by atoms with Crippen molar-refractivity contribution in [2.45, 2.75) is 0 Å². The molecule has 3 rings (SSSR count). The maximum atomic E-state index is 5.69. The third-order valence-corrected chi connectivity index (χ3v) is 3.37. The Kier molecular flexibility index (Phi) is 2.74. The highest BCUT2D eigenvalue weighted by Crippen LogP contribution is 2.29. The van der Waals surface area contributed by atoms with Gasteiger partial charge in [-0.3, -0.25) is 4.98 Å². The maximum absolute atomic E-state index is 5.69. The monoisotopic (exact) mass is 307 g/mol. The molecule has 0 fully saturated rings. The molecular formula is C11H6BrN3OS. The van der Waals surface area contributed by atoms with E-state index >= 15 is 0 Å². The number of hydrogen-bond donors (Lipinski definition) is 0. The van der Waals surface area contributed by atoms with Crippen LogP contribution in [0.2, 0.25) is 0 Å². The number of pyridine rings is 1. The lowest BCUT2D eigenvalue weighted by Gasteiger charge is -2.04.